The summed E-state index contributed by atoms with van der Waals surface area (Å²) in [6.45, 7) is 0.540. The molecule has 1 unspecified atom stereocenters. The number of carbonyl (C=O) groups is 2. The number of hydrogen-bond donors (Lipinski definition) is 3. The van der Waals surface area contributed by atoms with Crippen molar-refractivity contribution in [1.82, 2.24) is 10.3 Å². The summed E-state index contributed by atoms with van der Waals surface area (Å²) in [6, 6.07) is 9.04. The highest BCUT2D eigenvalue weighted by molar-refractivity contribution is 5.97. The number of aromatic nitrogens is 1. The molecule has 1 atom stereocenters. The van der Waals surface area contributed by atoms with Gasteiger partial charge >= 0.3 is 5.97 Å². The molecule has 2 aromatic rings. The maximum absolute atomic E-state index is 11.2. The van der Waals surface area contributed by atoms with E-state index in [1.165, 1.54) is 0 Å². The van der Waals surface area contributed by atoms with Crippen LogP contribution in [0, 0.1) is 0 Å². The van der Waals surface area contributed by atoms with Gasteiger partial charge in [0.25, 0.3) is 0 Å². The second-order valence-corrected chi connectivity index (χ2v) is 5.06. The fraction of sp³-hybridized carbons (Fsp3) is 0.267. The highest BCUT2D eigenvalue weighted by atomic mass is 16.4. The van der Waals surface area contributed by atoms with Crippen LogP contribution in [0.15, 0.2) is 30.3 Å². The van der Waals surface area contributed by atoms with E-state index in [1.54, 1.807) is 12.1 Å². The quantitative estimate of drug-likeness (QED) is 0.797. The SMILES string of the molecule is O=C1CCC(Nc2cc(C(=O)O)nc3ccccc23)CN1. The van der Waals surface area contributed by atoms with Crippen molar-refractivity contribution in [1.29, 1.82) is 0 Å². The zero-order valence-corrected chi connectivity index (χ0v) is 11.3. The topological polar surface area (TPSA) is 91.3 Å². The normalized spacial score (nSPS) is 18.3. The van der Waals surface area contributed by atoms with Gasteiger partial charge in [-0.15, -0.1) is 0 Å². The Kier molecular flexibility index (Phi) is 3.43. The fourth-order valence-corrected chi connectivity index (χ4v) is 2.48. The predicted octanol–water partition coefficient (Wildman–Crippen LogP) is 1.62. The molecule has 2 heterocycles. The van der Waals surface area contributed by atoms with Crippen LogP contribution >= 0.6 is 0 Å². The molecule has 1 aromatic heterocycles. The second-order valence-electron chi connectivity index (χ2n) is 5.06. The summed E-state index contributed by atoms with van der Waals surface area (Å²) in [4.78, 5) is 26.5. The van der Waals surface area contributed by atoms with Crippen molar-refractivity contribution in [2.45, 2.75) is 18.9 Å². The predicted molar refractivity (Wildman–Crippen MR) is 78.4 cm³/mol. The molecule has 0 saturated carbocycles. The van der Waals surface area contributed by atoms with Gasteiger partial charge in [0.2, 0.25) is 5.91 Å². The molecule has 6 heteroatoms. The summed E-state index contributed by atoms with van der Waals surface area (Å²) in [6.07, 6.45) is 1.21. The lowest BCUT2D eigenvalue weighted by Crippen LogP contribution is -2.41. The van der Waals surface area contributed by atoms with Crippen LogP contribution in [0.25, 0.3) is 10.9 Å². The fourth-order valence-electron chi connectivity index (χ4n) is 2.48. The van der Waals surface area contributed by atoms with Gasteiger partial charge in [0.1, 0.15) is 0 Å². The summed E-state index contributed by atoms with van der Waals surface area (Å²) < 4.78 is 0. The lowest BCUT2D eigenvalue weighted by Gasteiger charge is -2.25. The number of fused-ring (bicyclic) bond motifs is 1. The standard InChI is InChI=1S/C15H15N3O3/c19-14-6-5-9(8-16-14)17-12-7-13(15(20)21)18-11-4-2-1-3-10(11)12/h1-4,7,9H,5-6,8H2,(H,16,19)(H,17,18)(H,20,21). The van der Waals surface area contributed by atoms with E-state index in [-0.39, 0.29) is 17.6 Å². The Morgan fingerprint density at radius 2 is 2.19 bits per heavy atom. The minimum absolute atomic E-state index is 0.0102. The molecule has 1 amide bonds. The zero-order chi connectivity index (χ0) is 14.8. The van der Waals surface area contributed by atoms with Crippen molar-refractivity contribution in [3.63, 3.8) is 0 Å². The Morgan fingerprint density at radius 1 is 1.38 bits per heavy atom. The van der Waals surface area contributed by atoms with Crippen molar-refractivity contribution in [2.24, 2.45) is 0 Å². The number of piperidine rings is 1. The van der Waals surface area contributed by atoms with Gasteiger partial charge in [0.05, 0.1) is 5.52 Å². The third kappa shape index (κ3) is 2.79. The van der Waals surface area contributed by atoms with E-state index in [0.29, 0.717) is 18.5 Å². The average molecular weight is 285 g/mol. The van der Waals surface area contributed by atoms with Crippen LogP contribution in [0.3, 0.4) is 0 Å². The van der Waals surface area contributed by atoms with E-state index < -0.39 is 5.97 Å². The van der Waals surface area contributed by atoms with Gasteiger partial charge in [-0.05, 0) is 18.6 Å². The molecule has 108 valence electrons. The molecular weight excluding hydrogens is 270 g/mol. The summed E-state index contributed by atoms with van der Waals surface area (Å²) in [5, 5.41) is 16.2. The number of hydrogen-bond acceptors (Lipinski definition) is 4. The van der Waals surface area contributed by atoms with Crippen LogP contribution in [0.1, 0.15) is 23.3 Å². The van der Waals surface area contributed by atoms with E-state index in [4.69, 9.17) is 5.11 Å². The summed E-state index contributed by atoms with van der Waals surface area (Å²) in [5.74, 6) is -1.00. The van der Waals surface area contributed by atoms with E-state index in [2.05, 4.69) is 15.6 Å². The number of carboxylic acids is 1. The summed E-state index contributed by atoms with van der Waals surface area (Å²) >= 11 is 0. The molecule has 0 aliphatic carbocycles. The Balaban J connectivity index is 1.96. The molecule has 0 bridgehead atoms. The van der Waals surface area contributed by atoms with Gasteiger partial charge in [0, 0.05) is 30.1 Å². The van der Waals surface area contributed by atoms with E-state index in [1.807, 2.05) is 18.2 Å². The van der Waals surface area contributed by atoms with Crippen LogP contribution in [0.5, 0.6) is 0 Å². The zero-order valence-electron chi connectivity index (χ0n) is 11.3. The molecule has 0 radical (unpaired) electrons. The molecule has 1 saturated heterocycles. The molecule has 1 fully saturated rings. The molecule has 3 rings (SSSR count). The third-order valence-corrected chi connectivity index (χ3v) is 3.56. The monoisotopic (exact) mass is 285 g/mol. The number of rotatable bonds is 3. The number of anilines is 1. The summed E-state index contributed by atoms with van der Waals surface area (Å²) in [7, 11) is 0. The lowest BCUT2D eigenvalue weighted by molar-refractivity contribution is -0.122. The van der Waals surface area contributed by atoms with Crippen molar-refractivity contribution >= 4 is 28.5 Å². The van der Waals surface area contributed by atoms with Gasteiger partial charge < -0.3 is 15.7 Å². The number of nitrogens with one attached hydrogen (secondary N) is 2. The van der Waals surface area contributed by atoms with Crippen LogP contribution in [-0.4, -0.2) is 34.6 Å². The molecule has 21 heavy (non-hydrogen) atoms. The maximum atomic E-state index is 11.2. The van der Waals surface area contributed by atoms with Gasteiger partial charge in [-0.3, -0.25) is 4.79 Å². The minimum atomic E-state index is -1.05. The van der Waals surface area contributed by atoms with E-state index >= 15 is 0 Å². The molecular formula is C15H15N3O3. The number of amides is 1. The molecule has 1 aromatic carbocycles. The first-order valence-electron chi connectivity index (χ1n) is 6.80. The molecule has 6 nitrogen and oxygen atoms in total. The number of benzene rings is 1. The Morgan fingerprint density at radius 3 is 2.90 bits per heavy atom. The lowest BCUT2D eigenvalue weighted by atomic mass is 10.1. The first-order valence-corrected chi connectivity index (χ1v) is 6.80. The molecule has 1 aliphatic rings. The highest BCUT2D eigenvalue weighted by Gasteiger charge is 2.19. The van der Waals surface area contributed by atoms with E-state index in [0.717, 1.165) is 17.5 Å². The van der Waals surface area contributed by atoms with Crippen LogP contribution in [-0.2, 0) is 4.79 Å². The third-order valence-electron chi connectivity index (χ3n) is 3.56. The largest absolute Gasteiger partial charge is 0.477 e. The number of nitrogens with zero attached hydrogens (tertiary/aromatic N) is 1. The second kappa shape index (κ2) is 5.40. The Hall–Kier alpha value is -2.63. The number of aromatic carboxylic acids is 1. The van der Waals surface area contributed by atoms with Crippen LogP contribution in [0.4, 0.5) is 5.69 Å². The first-order chi connectivity index (χ1) is 10.1. The number of carboxylic acid groups (broad SMARTS) is 1. The number of pyridine rings is 1. The summed E-state index contributed by atoms with van der Waals surface area (Å²) in [5.41, 5.74) is 1.38. The molecule has 0 spiro atoms. The van der Waals surface area contributed by atoms with Gasteiger partial charge in [-0.1, -0.05) is 18.2 Å². The molecule has 3 N–H and O–H groups in total. The highest BCUT2D eigenvalue weighted by Crippen LogP contribution is 2.24. The van der Waals surface area contributed by atoms with Gasteiger partial charge in [-0.2, -0.15) is 0 Å². The minimum Gasteiger partial charge on any atom is -0.477 e. The molecule has 1 aliphatic heterocycles. The number of para-hydroxylation sites is 1. The van der Waals surface area contributed by atoms with Crippen LogP contribution < -0.4 is 10.6 Å². The first kappa shape index (κ1) is 13.4. The van der Waals surface area contributed by atoms with E-state index in [9.17, 15) is 9.59 Å². The van der Waals surface area contributed by atoms with Gasteiger partial charge in [0.15, 0.2) is 5.69 Å². The van der Waals surface area contributed by atoms with Crippen LogP contribution in [0.2, 0.25) is 0 Å². The van der Waals surface area contributed by atoms with Crippen molar-refractivity contribution in [3.05, 3.63) is 36.0 Å². The van der Waals surface area contributed by atoms with Crippen molar-refractivity contribution in [2.75, 3.05) is 11.9 Å². The maximum Gasteiger partial charge on any atom is 0.354 e. The average Bonchev–Trinajstić information content (AvgIpc) is 2.49. The Labute approximate surface area is 121 Å². The number of carbonyl (C=O) groups excluding carboxylic acids is 1. The van der Waals surface area contributed by atoms with Gasteiger partial charge in [-0.25, -0.2) is 9.78 Å². The van der Waals surface area contributed by atoms with Crippen molar-refractivity contribution < 1.29 is 14.7 Å². The Bertz CT molecular complexity index is 704. The van der Waals surface area contributed by atoms with Crippen molar-refractivity contribution in [3.8, 4) is 0 Å². The smallest absolute Gasteiger partial charge is 0.354 e.